The Morgan fingerprint density at radius 1 is 1.00 bits per heavy atom. The van der Waals surface area contributed by atoms with Gasteiger partial charge in [-0.2, -0.15) is 4.31 Å². The van der Waals surface area contributed by atoms with Gasteiger partial charge in [0.2, 0.25) is 10.0 Å². The van der Waals surface area contributed by atoms with Crippen LogP contribution in [-0.2, 0) is 19.6 Å². The van der Waals surface area contributed by atoms with Crippen molar-refractivity contribution in [1.82, 2.24) is 9.62 Å². The number of sulfonamides is 1. The zero-order chi connectivity index (χ0) is 23.8. The van der Waals surface area contributed by atoms with Crippen molar-refractivity contribution >= 4 is 27.5 Å². The van der Waals surface area contributed by atoms with Gasteiger partial charge in [-0.05, 0) is 55.7 Å². The highest BCUT2D eigenvalue weighted by molar-refractivity contribution is 7.89. The van der Waals surface area contributed by atoms with E-state index in [1.165, 1.54) is 30.7 Å². The number of piperidine rings is 1. The molecule has 1 fully saturated rings. The highest BCUT2D eigenvalue weighted by atomic mass is 32.2. The van der Waals surface area contributed by atoms with Gasteiger partial charge in [-0.15, -0.1) is 0 Å². The van der Waals surface area contributed by atoms with Crippen molar-refractivity contribution in [2.24, 2.45) is 0 Å². The lowest BCUT2D eigenvalue weighted by Crippen LogP contribution is -2.45. The zero-order valence-corrected chi connectivity index (χ0v) is 19.6. The van der Waals surface area contributed by atoms with Gasteiger partial charge in [0.15, 0.2) is 0 Å². The Bertz CT molecular complexity index is 1070. The Labute approximate surface area is 194 Å². The monoisotopic (exact) mass is 475 g/mol. The third-order valence-corrected chi connectivity index (χ3v) is 7.53. The summed E-state index contributed by atoms with van der Waals surface area (Å²) in [5.41, 5.74) is 0.393. The minimum absolute atomic E-state index is 0.178. The highest BCUT2D eigenvalue weighted by Crippen LogP contribution is 2.28. The van der Waals surface area contributed by atoms with E-state index in [-0.39, 0.29) is 17.5 Å². The zero-order valence-electron chi connectivity index (χ0n) is 18.7. The molecule has 9 nitrogen and oxygen atoms in total. The van der Waals surface area contributed by atoms with E-state index in [0.717, 1.165) is 12.8 Å². The standard InChI is InChI=1S/C23H29N3O6S/c1-31-18-10-12-19(13-11-18)33(29,30)26-16-6-5-7-17(26)14-15-24-22(27)23(28)25-20-8-3-4-9-21(20)32-2/h3-4,8-13,17H,5-7,14-16H2,1-2H3,(H,24,27)(H,25,28). The molecule has 0 bridgehead atoms. The van der Waals surface area contributed by atoms with Crippen molar-refractivity contribution in [2.75, 3.05) is 32.6 Å². The molecule has 0 saturated carbocycles. The topological polar surface area (TPSA) is 114 Å². The fraction of sp³-hybridized carbons (Fsp3) is 0.391. The molecule has 178 valence electrons. The molecule has 1 unspecified atom stereocenters. The molecule has 2 aromatic rings. The highest BCUT2D eigenvalue weighted by Gasteiger charge is 2.33. The molecule has 33 heavy (non-hydrogen) atoms. The van der Waals surface area contributed by atoms with Crippen LogP contribution >= 0.6 is 0 Å². The fourth-order valence-electron chi connectivity index (χ4n) is 3.82. The van der Waals surface area contributed by atoms with Crippen molar-refractivity contribution in [3.63, 3.8) is 0 Å². The molecular weight excluding hydrogens is 446 g/mol. The molecule has 1 saturated heterocycles. The molecule has 2 N–H and O–H groups in total. The lowest BCUT2D eigenvalue weighted by Gasteiger charge is -2.34. The molecule has 1 aliphatic rings. The second-order valence-electron chi connectivity index (χ2n) is 7.64. The number of amides is 2. The smallest absolute Gasteiger partial charge is 0.313 e. The van der Waals surface area contributed by atoms with Crippen LogP contribution in [0.15, 0.2) is 53.4 Å². The summed E-state index contributed by atoms with van der Waals surface area (Å²) in [5, 5.41) is 5.11. The number of nitrogens with one attached hydrogen (secondary N) is 2. The predicted molar refractivity (Wildman–Crippen MR) is 124 cm³/mol. The Morgan fingerprint density at radius 3 is 2.42 bits per heavy atom. The van der Waals surface area contributed by atoms with Crippen molar-refractivity contribution in [1.29, 1.82) is 0 Å². The first-order valence-corrected chi connectivity index (χ1v) is 12.2. The van der Waals surface area contributed by atoms with Crippen molar-refractivity contribution in [2.45, 2.75) is 36.6 Å². The Hall–Kier alpha value is -3.11. The molecule has 1 atom stereocenters. The molecule has 0 spiro atoms. The van der Waals surface area contributed by atoms with Crippen LogP contribution in [0.1, 0.15) is 25.7 Å². The number of methoxy groups -OCH3 is 2. The first-order valence-electron chi connectivity index (χ1n) is 10.7. The second-order valence-corrected chi connectivity index (χ2v) is 9.53. The van der Waals surface area contributed by atoms with Crippen molar-refractivity contribution in [3.05, 3.63) is 48.5 Å². The Morgan fingerprint density at radius 2 is 1.73 bits per heavy atom. The van der Waals surface area contributed by atoms with E-state index in [9.17, 15) is 18.0 Å². The summed E-state index contributed by atoms with van der Waals surface area (Å²) in [5.74, 6) is -0.578. The lowest BCUT2D eigenvalue weighted by molar-refractivity contribution is -0.136. The van der Waals surface area contributed by atoms with E-state index in [2.05, 4.69) is 10.6 Å². The van der Waals surface area contributed by atoms with Gasteiger partial charge >= 0.3 is 11.8 Å². The fourth-order valence-corrected chi connectivity index (χ4v) is 5.55. The number of nitrogens with zero attached hydrogens (tertiary/aromatic N) is 1. The van der Waals surface area contributed by atoms with Crippen molar-refractivity contribution < 1.29 is 27.5 Å². The number of anilines is 1. The number of para-hydroxylation sites is 2. The van der Waals surface area contributed by atoms with E-state index in [1.54, 1.807) is 36.4 Å². The molecule has 2 amide bonds. The van der Waals surface area contributed by atoms with E-state index in [4.69, 9.17) is 9.47 Å². The van der Waals surface area contributed by atoms with Crippen molar-refractivity contribution in [3.8, 4) is 11.5 Å². The molecule has 2 aromatic carbocycles. The van der Waals surface area contributed by atoms with Gasteiger partial charge in [-0.3, -0.25) is 9.59 Å². The van der Waals surface area contributed by atoms with E-state index >= 15 is 0 Å². The van der Waals surface area contributed by atoms with Crippen LogP contribution in [0, 0.1) is 0 Å². The first kappa shape index (κ1) is 24.5. The molecule has 1 heterocycles. The third-order valence-electron chi connectivity index (χ3n) is 5.56. The molecule has 10 heteroatoms. The van der Waals surface area contributed by atoms with Crippen LogP contribution in [0.25, 0.3) is 0 Å². The summed E-state index contributed by atoms with van der Waals surface area (Å²) in [7, 11) is -0.684. The minimum atomic E-state index is -3.68. The van der Waals surface area contributed by atoms with Crippen LogP contribution < -0.4 is 20.1 Å². The summed E-state index contributed by atoms with van der Waals surface area (Å²) in [6, 6.07) is 12.8. The van der Waals surface area contributed by atoms with Gasteiger partial charge in [0.1, 0.15) is 11.5 Å². The average Bonchev–Trinajstić information content (AvgIpc) is 2.84. The SMILES string of the molecule is COc1ccc(S(=O)(=O)N2CCCCC2CCNC(=O)C(=O)Nc2ccccc2OC)cc1. The number of hydrogen-bond acceptors (Lipinski definition) is 6. The molecule has 0 aromatic heterocycles. The minimum Gasteiger partial charge on any atom is -0.497 e. The summed E-state index contributed by atoms with van der Waals surface area (Å²) in [6.45, 7) is 0.596. The number of hydrogen-bond donors (Lipinski definition) is 2. The number of carbonyl (C=O) groups is 2. The number of carbonyl (C=O) groups excluding carboxylic acids is 2. The van der Waals surface area contributed by atoms with Gasteiger partial charge < -0.3 is 20.1 Å². The normalized spacial score (nSPS) is 16.6. The number of rotatable bonds is 8. The Balaban J connectivity index is 1.58. The van der Waals surface area contributed by atoms with Gasteiger partial charge in [-0.25, -0.2) is 8.42 Å². The molecule has 0 aliphatic carbocycles. The van der Waals surface area contributed by atoms with Gasteiger partial charge in [-0.1, -0.05) is 18.6 Å². The molecule has 0 radical (unpaired) electrons. The lowest BCUT2D eigenvalue weighted by atomic mass is 10.0. The van der Waals surface area contributed by atoms with Gasteiger partial charge in [0.25, 0.3) is 0 Å². The average molecular weight is 476 g/mol. The Kier molecular flexibility index (Phi) is 8.29. The van der Waals surface area contributed by atoms with Crippen LogP contribution in [0.2, 0.25) is 0 Å². The van der Waals surface area contributed by atoms with Crippen LogP contribution in [0.3, 0.4) is 0 Å². The summed E-state index contributed by atoms with van der Waals surface area (Å²) >= 11 is 0. The third kappa shape index (κ3) is 6.02. The van der Waals surface area contributed by atoms with E-state index < -0.39 is 21.8 Å². The maximum Gasteiger partial charge on any atom is 0.313 e. The largest absolute Gasteiger partial charge is 0.497 e. The predicted octanol–water partition coefficient (Wildman–Crippen LogP) is 2.39. The van der Waals surface area contributed by atoms with Gasteiger partial charge in [0, 0.05) is 19.1 Å². The summed E-state index contributed by atoms with van der Waals surface area (Å²) < 4.78 is 38.1. The van der Waals surface area contributed by atoms with Crippen LogP contribution in [-0.4, -0.2) is 57.9 Å². The maximum atomic E-state index is 13.2. The quantitative estimate of drug-likeness (QED) is 0.567. The van der Waals surface area contributed by atoms with E-state index in [0.29, 0.717) is 36.6 Å². The summed E-state index contributed by atoms with van der Waals surface area (Å²) in [6.07, 6.45) is 2.78. The summed E-state index contributed by atoms with van der Waals surface area (Å²) in [4.78, 5) is 24.7. The van der Waals surface area contributed by atoms with Crippen LogP contribution in [0.5, 0.6) is 11.5 Å². The van der Waals surface area contributed by atoms with E-state index in [1.807, 2.05) is 0 Å². The number of benzene rings is 2. The molecular formula is C23H29N3O6S. The first-order chi connectivity index (χ1) is 15.9. The number of ether oxygens (including phenoxy) is 2. The molecule has 1 aliphatic heterocycles. The maximum absolute atomic E-state index is 13.2. The van der Waals surface area contributed by atoms with Crippen LogP contribution in [0.4, 0.5) is 5.69 Å². The second kappa shape index (κ2) is 11.2. The molecule has 3 rings (SSSR count). The van der Waals surface area contributed by atoms with Gasteiger partial charge in [0.05, 0.1) is 24.8 Å².